The molecular formula is C8H12F3N3. The van der Waals surface area contributed by atoms with Crippen molar-refractivity contribution in [1.82, 2.24) is 15.1 Å². The Bertz CT molecular complexity index is 280. The zero-order chi connectivity index (χ0) is 10.6. The third-order valence-corrected chi connectivity index (χ3v) is 1.66. The Labute approximate surface area is 79.9 Å². The molecule has 1 N–H and O–H groups in total. The molecule has 0 spiro atoms. The molecule has 6 heteroatoms. The number of alkyl halides is 3. The summed E-state index contributed by atoms with van der Waals surface area (Å²) in [5, 5.41) is 6.69. The van der Waals surface area contributed by atoms with Crippen LogP contribution in [0.3, 0.4) is 0 Å². The summed E-state index contributed by atoms with van der Waals surface area (Å²) < 4.78 is 36.8. The topological polar surface area (TPSA) is 29.9 Å². The van der Waals surface area contributed by atoms with Crippen molar-refractivity contribution in [2.45, 2.75) is 19.1 Å². The summed E-state index contributed by atoms with van der Waals surface area (Å²) in [6, 6.07) is 1.76. The molecule has 80 valence electrons. The average Bonchev–Trinajstić information content (AvgIpc) is 2.44. The standard InChI is InChI=1S/C8H12F3N3/c1-14-5-2-7(13-14)6-12-4-3-8(9,10)11/h2,5,12H,3-4,6H2,1H3. The summed E-state index contributed by atoms with van der Waals surface area (Å²) in [7, 11) is 1.76. The molecule has 0 atom stereocenters. The van der Waals surface area contributed by atoms with Crippen LogP contribution >= 0.6 is 0 Å². The van der Waals surface area contributed by atoms with Crippen LogP contribution in [0.1, 0.15) is 12.1 Å². The number of aromatic nitrogens is 2. The normalized spacial score (nSPS) is 12.0. The zero-order valence-electron chi connectivity index (χ0n) is 7.80. The monoisotopic (exact) mass is 207 g/mol. The predicted molar refractivity (Wildman–Crippen MR) is 45.6 cm³/mol. The minimum atomic E-state index is -4.09. The van der Waals surface area contributed by atoms with Gasteiger partial charge in [-0.2, -0.15) is 18.3 Å². The van der Waals surface area contributed by atoms with E-state index in [1.807, 2.05) is 0 Å². The van der Waals surface area contributed by atoms with Crippen molar-refractivity contribution in [3.63, 3.8) is 0 Å². The minimum absolute atomic E-state index is 0.0694. The van der Waals surface area contributed by atoms with E-state index in [-0.39, 0.29) is 6.54 Å². The Morgan fingerprint density at radius 3 is 2.71 bits per heavy atom. The van der Waals surface area contributed by atoms with Crippen molar-refractivity contribution >= 4 is 0 Å². The Hall–Kier alpha value is -1.04. The first-order chi connectivity index (χ1) is 6.47. The molecule has 3 nitrogen and oxygen atoms in total. The number of nitrogens with one attached hydrogen (secondary N) is 1. The summed E-state index contributed by atoms with van der Waals surface area (Å²) in [6.07, 6.45) is -3.14. The van der Waals surface area contributed by atoms with Crippen LogP contribution in [-0.2, 0) is 13.6 Å². The molecule has 1 heterocycles. The molecule has 14 heavy (non-hydrogen) atoms. The van der Waals surface area contributed by atoms with E-state index < -0.39 is 12.6 Å². The first-order valence-electron chi connectivity index (χ1n) is 4.23. The number of aryl methyl sites for hydroxylation is 1. The molecule has 1 aromatic heterocycles. The van der Waals surface area contributed by atoms with Crippen LogP contribution < -0.4 is 5.32 Å². The van der Waals surface area contributed by atoms with Crippen LogP contribution in [0.5, 0.6) is 0 Å². The average molecular weight is 207 g/mol. The molecule has 0 amide bonds. The second-order valence-electron chi connectivity index (χ2n) is 3.02. The lowest BCUT2D eigenvalue weighted by molar-refractivity contribution is -0.133. The Kier molecular flexibility index (Phi) is 3.51. The first kappa shape index (κ1) is 11.0. The summed E-state index contributed by atoms with van der Waals surface area (Å²) in [5.74, 6) is 0. The molecule has 0 aliphatic heterocycles. The van der Waals surface area contributed by atoms with Gasteiger partial charge in [-0.1, -0.05) is 0 Å². The SMILES string of the molecule is Cn1ccc(CNCCC(F)(F)F)n1. The highest BCUT2D eigenvalue weighted by Gasteiger charge is 2.25. The van der Waals surface area contributed by atoms with Gasteiger partial charge in [-0.3, -0.25) is 4.68 Å². The first-order valence-corrected chi connectivity index (χ1v) is 4.23. The molecule has 0 saturated heterocycles. The largest absolute Gasteiger partial charge is 0.390 e. The van der Waals surface area contributed by atoms with Gasteiger partial charge in [-0.15, -0.1) is 0 Å². The van der Waals surface area contributed by atoms with Crippen LogP contribution in [0.25, 0.3) is 0 Å². The highest BCUT2D eigenvalue weighted by molar-refractivity contribution is 4.97. The van der Waals surface area contributed by atoms with Gasteiger partial charge in [-0.25, -0.2) is 0 Å². The van der Waals surface area contributed by atoms with E-state index in [0.717, 1.165) is 5.69 Å². The van der Waals surface area contributed by atoms with Gasteiger partial charge in [0.15, 0.2) is 0 Å². The van der Waals surface area contributed by atoms with Crippen LogP contribution in [0.2, 0.25) is 0 Å². The molecule has 1 aromatic rings. The van der Waals surface area contributed by atoms with E-state index >= 15 is 0 Å². The molecule has 0 aromatic carbocycles. The van der Waals surface area contributed by atoms with Gasteiger partial charge in [0.2, 0.25) is 0 Å². The van der Waals surface area contributed by atoms with Crippen LogP contribution in [-0.4, -0.2) is 22.5 Å². The van der Waals surface area contributed by atoms with E-state index in [0.29, 0.717) is 6.54 Å². The van der Waals surface area contributed by atoms with Gasteiger partial charge in [-0.05, 0) is 6.07 Å². The second-order valence-corrected chi connectivity index (χ2v) is 3.02. The third kappa shape index (κ3) is 4.27. The number of halogens is 3. The number of nitrogens with zero attached hydrogens (tertiary/aromatic N) is 2. The number of hydrogen-bond acceptors (Lipinski definition) is 2. The minimum Gasteiger partial charge on any atom is -0.311 e. The lowest BCUT2D eigenvalue weighted by Gasteiger charge is -2.06. The van der Waals surface area contributed by atoms with Crippen LogP contribution in [0.15, 0.2) is 12.3 Å². The quantitative estimate of drug-likeness (QED) is 0.757. The molecule has 1 rings (SSSR count). The van der Waals surface area contributed by atoms with E-state index in [4.69, 9.17) is 0 Å². The fourth-order valence-electron chi connectivity index (χ4n) is 1.00. The van der Waals surface area contributed by atoms with Gasteiger partial charge in [0.05, 0.1) is 12.1 Å². The van der Waals surface area contributed by atoms with Crippen molar-refractivity contribution in [3.8, 4) is 0 Å². The Morgan fingerprint density at radius 1 is 1.50 bits per heavy atom. The van der Waals surface area contributed by atoms with Gasteiger partial charge in [0.25, 0.3) is 0 Å². The maximum atomic E-state index is 11.7. The van der Waals surface area contributed by atoms with Gasteiger partial charge in [0.1, 0.15) is 0 Å². The summed E-state index contributed by atoms with van der Waals surface area (Å²) >= 11 is 0. The predicted octanol–water partition coefficient (Wildman–Crippen LogP) is 1.46. The number of rotatable bonds is 4. The molecule has 0 unspecified atom stereocenters. The molecule has 0 radical (unpaired) electrons. The Morgan fingerprint density at radius 2 is 2.21 bits per heavy atom. The lowest BCUT2D eigenvalue weighted by atomic mass is 10.4. The molecular weight excluding hydrogens is 195 g/mol. The van der Waals surface area contributed by atoms with Gasteiger partial charge >= 0.3 is 6.18 Å². The third-order valence-electron chi connectivity index (χ3n) is 1.66. The molecule has 0 fully saturated rings. The fourth-order valence-corrected chi connectivity index (χ4v) is 1.00. The second kappa shape index (κ2) is 4.45. The van der Waals surface area contributed by atoms with Crippen molar-refractivity contribution < 1.29 is 13.2 Å². The Balaban J connectivity index is 2.16. The van der Waals surface area contributed by atoms with Crippen molar-refractivity contribution in [2.75, 3.05) is 6.54 Å². The van der Waals surface area contributed by atoms with Crippen molar-refractivity contribution in [3.05, 3.63) is 18.0 Å². The summed E-state index contributed by atoms with van der Waals surface area (Å²) in [6.45, 7) is 0.303. The summed E-state index contributed by atoms with van der Waals surface area (Å²) in [5.41, 5.74) is 0.745. The molecule has 0 bridgehead atoms. The van der Waals surface area contributed by atoms with E-state index in [9.17, 15) is 13.2 Å². The van der Waals surface area contributed by atoms with Crippen LogP contribution in [0.4, 0.5) is 13.2 Å². The van der Waals surface area contributed by atoms with Crippen LogP contribution in [0, 0.1) is 0 Å². The highest BCUT2D eigenvalue weighted by Crippen LogP contribution is 2.18. The summed E-state index contributed by atoms with van der Waals surface area (Å²) in [4.78, 5) is 0. The zero-order valence-corrected chi connectivity index (χ0v) is 7.80. The van der Waals surface area contributed by atoms with Gasteiger partial charge in [0, 0.05) is 26.3 Å². The van der Waals surface area contributed by atoms with E-state index in [1.165, 1.54) is 0 Å². The molecule has 0 aliphatic carbocycles. The highest BCUT2D eigenvalue weighted by atomic mass is 19.4. The van der Waals surface area contributed by atoms with Crippen molar-refractivity contribution in [2.24, 2.45) is 7.05 Å². The molecule has 0 aliphatic rings. The maximum absolute atomic E-state index is 11.7. The molecule has 0 saturated carbocycles. The van der Waals surface area contributed by atoms with Gasteiger partial charge < -0.3 is 5.32 Å². The lowest BCUT2D eigenvalue weighted by Crippen LogP contribution is -2.21. The maximum Gasteiger partial charge on any atom is 0.390 e. The number of hydrogen-bond donors (Lipinski definition) is 1. The van der Waals surface area contributed by atoms with Crippen molar-refractivity contribution in [1.29, 1.82) is 0 Å². The smallest absolute Gasteiger partial charge is 0.311 e. The van der Waals surface area contributed by atoms with E-state index in [1.54, 1.807) is 24.0 Å². The van der Waals surface area contributed by atoms with E-state index in [2.05, 4.69) is 10.4 Å². The fraction of sp³-hybridized carbons (Fsp3) is 0.625.